The fourth-order valence-electron chi connectivity index (χ4n) is 2.92. The number of phenols is 1. The van der Waals surface area contributed by atoms with Gasteiger partial charge in [0, 0.05) is 28.8 Å². The van der Waals surface area contributed by atoms with Crippen LogP contribution in [0.2, 0.25) is 0 Å². The molecule has 146 valence electrons. The predicted octanol–water partition coefficient (Wildman–Crippen LogP) is 1.41. The van der Waals surface area contributed by atoms with E-state index in [1.807, 2.05) is 6.07 Å². The number of nitrogens with one attached hydrogen (secondary N) is 2. The highest BCUT2D eigenvalue weighted by atomic mass is 35.5. The fourth-order valence-corrected chi connectivity index (χ4v) is 3.13. The average Bonchev–Trinajstić information content (AvgIpc) is 2.67. The first-order chi connectivity index (χ1) is 13.8. The van der Waals surface area contributed by atoms with Crippen molar-refractivity contribution in [1.82, 2.24) is 10.3 Å². The molecule has 2 heterocycles. The van der Waals surface area contributed by atoms with Crippen molar-refractivity contribution in [3.63, 3.8) is 0 Å². The van der Waals surface area contributed by atoms with Crippen LogP contribution >= 0.6 is 11.6 Å². The van der Waals surface area contributed by atoms with Gasteiger partial charge in [0.15, 0.2) is 6.19 Å². The normalized spacial score (nSPS) is 14.6. The quantitative estimate of drug-likeness (QED) is 0.160. The molecular weight excluding hydrogens is 402 g/mol. The van der Waals surface area contributed by atoms with Crippen molar-refractivity contribution >= 4 is 40.6 Å². The third-order valence-electron chi connectivity index (χ3n) is 4.21. The van der Waals surface area contributed by atoms with Crippen molar-refractivity contribution in [3.05, 3.63) is 44.5 Å². The van der Waals surface area contributed by atoms with Crippen LogP contribution in [0.15, 0.2) is 17.1 Å². The number of aromatic hydroxyl groups is 1. The SMILES string of the molecule is N#CNC1=NC(c2cc([N+](=O)[O-])cc(CCl)c2O)c2c(nc(N)c(C#N)c2N)N1. The molecule has 1 atom stereocenters. The number of hydrogen-bond donors (Lipinski definition) is 5. The van der Waals surface area contributed by atoms with E-state index in [9.17, 15) is 20.5 Å². The number of rotatable bonds is 3. The summed E-state index contributed by atoms with van der Waals surface area (Å²) in [6.07, 6.45) is 1.68. The zero-order valence-corrected chi connectivity index (χ0v) is 15.2. The van der Waals surface area contributed by atoms with Gasteiger partial charge in [-0.15, -0.1) is 11.6 Å². The van der Waals surface area contributed by atoms with Crippen LogP contribution in [0.5, 0.6) is 5.75 Å². The van der Waals surface area contributed by atoms with Gasteiger partial charge < -0.3 is 21.9 Å². The second-order valence-electron chi connectivity index (χ2n) is 5.84. The number of nitro groups is 1. The van der Waals surface area contributed by atoms with Crippen molar-refractivity contribution < 1.29 is 10.0 Å². The lowest BCUT2D eigenvalue weighted by Crippen LogP contribution is -2.32. The number of aliphatic imine (C=N–C) groups is 1. The van der Waals surface area contributed by atoms with Gasteiger partial charge in [-0.1, -0.05) is 0 Å². The number of nitrogens with zero attached hydrogens (tertiary/aromatic N) is 5. The molecule has 13 heteroatoms. The number of hydrogen-bond acceptors (Lipinski definition) is 11. The summed E-state index contributed by atoms with van der Waals surface area (Å²) in [6.45, 7) is 0. The summed E-state index contributed by atoms with van der Waals surface area (Å²) in [5, 5.41) is 45.2. The smallest absolute Gasteiger partial charge is 0.270 e. The van der Waals surface area contributed by atoms with Crippen molar-refractivity contribution in [2.24, 2.45) is 4.99 Å². The summed E-state index contributed by atoms with van der Waals surface area (Å²) in [7, 11) is 0. The fraction of sp³-hybridized carbons (Fsp3) is 0.125. The Morgan fingerprint density at radius 3 is 2.72 bits per heavy atom. The molecule has 0 aliphatic carbocycles. The van der Waals surface area contributed by atoms with Crippen molar-refractivity contribution in [1.29, 1.82) is 10.5 Å². The molecule has 1 aliphatic rings. The molecule has 0 fully saturated rings. The van der Waals surface area contributed by atoms with Gasteiger partial charge in [0.2, 0.25) is 5.96 Å². The third kappa shape index (κ3) is 3.24. The van der Waals surface area contributed by atoms with Crippen LogP contribution in [-0.2, 0) is 5.88 Å². The second-order valence-corrected chi connectivity index (χ2v) is 6.10. The number of phenolic OH excluding ortho intramolecular Hbond substituents is 1. The molecule has 1 aromatic carbocycles. The summed E-state index contributed by atoms with van der Waals surface area (Å²) >= 11 is 5.82. The molecule has 0 saturated heterocycles. The van der Waals surface area contributed by atoms with Crippen LogP contribution in [0.4, 0.5) is 23.0 Å². The van der Waals surface area contributed by atoms with Crippen LogP contribution in [0.3, 0.4) is 0 Å². The number of pyridine rings is 1. The van der Waals surface area contributed by atoms with Crippen LogP contribution in [-0.4, -0.2) is 21.0 Å². The maximum atomic E-state index is 11.3. The van der Waals surface area contributed by atoms with Gasteiger partial charge in [-0.2, -0.15) is 10.5 Å². The number of non-ortho nitro benzene ring substituents is 1. The molecule has 2 aromatic rings. The van der Waals surface area contributed by atoms with Crippen molar-refractivity contribution in [2.75, 3.05) is 16.8 Å². The van der Waals surface area contributed by atoms with Crippen molar-refractivity contribution in [3.8, 4) is 18.0 Å². The number of benzene rings is 1. The Hall–Kier alpha value is -4.29. The molecule has 1 aliphatic heterocycles. The highest BCUT2D eigenvalue weighted by molar-refractivity contribution is 6.17. The third-order valence-corrected chi connectivity index (χ3v) is 4.50. The van der Waals surface area contributed by atoms with E-state index in [4.69, 9.17) is 28.3 Å². The van der Waals surface area contributed by atoms with Gasteiger partial charge in [0.05, 0.1) is 16.5 Å². The molecular formula is C16H12ClN9O3. The Bertz CT molecular complexity index is 1150. The summed E-state index contributed by atoms with van der Waals surface area (Å²) < 4.78 is 0. The lowest BCUT2D eigenvalue weighted by molar-refractivity contribution is -0.385. The zero-order chi connectivity index (χ0) is 21.3. The maximum Gasteiger partial charge on any atom is 0.270 e. The van der Waals surface area contributed by atoms with Gasteiger partial charge in [0.25, 0.3) is 5.69 Å². The average molecular weight is 414 g/mol. The summed E-state index contributed by atoms with van der Waals surface area (Å²) in [5.41, 5.74) is 11.6. The second kappa shape index (κ2) is 7.38. The Morgan fingerprint density at radius 1 is 1.41 bits per heavy atom. The molecule has 29 heavy (non-hydrogen) atoms. The van der Waals surface area contributed by atoms with E-state index in [1.165, 1.54) is 0 Å². The Balaban J connectivity index is 2.35. The number of nitro benzene ring substituents is 1. The molecule has 1 aromatic heterocycles. The molecule has 0 radical (unpaired) electrons. The number of anilines is 3. The van der Waals surface area contributed by atoms with Crippen LogP contribution < -0.4 is 22.1 Å². The van der Waals surface area contributed by atoms with Gasteiger partial charge in [0.1, 0.15) is 35.1 Å². The number of aromatic nitrogens is 1. The molecule has 0 bridgehead atoms. The number of halogens is 1. The first-order valence-electron chi connectivity index (χ1n) is 7.87. The summed E-state index contributed by atoms with van der Waals surface area (Å²) in [4.78, 5) is 19.0. The molecule has 1 unspecified atom stereocenters. The lowest BCUT2D eigenvalue weighted by atomic mass is 9.93. The van der Waals surface area contributed by atoms with E-state index >= 15 is 0 Å². The van der Waals surface area contributed by atoms with Gasteiger partial charge in [-0.05, 0) is 0 Å². The Labute approximate surface area is 168 Å². The first-order valence-corrected chi connectivity index (χ1v) is 8.40. The van der Waals surface area contributed by atoms with Gasteiger partial charge in [-0.25, -0.2) is 9.98 Å². The minimum atomic E-state index is -1.14. The van der Waals surface area contributed by atoms with Crippen molar-refractivity contribution in [2.45, 2.75) is 11.9 Å². The lowest BCUT2D eigenvalue weighted by Gasteiger charge is -2.26. The van der Waals surface area contributed by atoms with E-state index in [2.05, 4.69) is 20.6 Å². The topological polar surface area (TPSA) is 212 Å². The molecule has 0 amide bonds. The largest absolute Gasteiger partial charge is 0.507 e. The number of nitriles is 2. The van der Waals surface area contributed by atoms with Gasteiger partial charge in [-0.3, -0.25) is 15.4 Å². The Morgan fingerprint density at radius 2 is 2.14 bits per heavy atom. The molecule has 7 N–H and O–H groups in total. The first kappa shape index (κ1) is 19.5. The van der Waals surface area contributed by atoms with E-state index in [-0.39, 0.29) is 62.9 Å². The monoisotopic (exact) mass is 413 g/mol. The van der Waals surface area contributed by atoms with Gasteiger partial charge >= 0.3 is 0 Å². The minimum absolute atomic E-state index is 0.00278. The number of nitrogen functional groups attached to an aromatic ring is 2. The standard InChI is InChI=1S/C16H12ClN9O3/c17-3-6-1-7(26(28)29)2-8(13(6)27)12-10-11(20)9(4-18)14(21)24-15(10)25-16(23-12)22-5-19/h1-2,12,27H,3H2,(H6,20,21,22,23,24,25). The van der Waals surface area contributed by atoms with E-state index in [0.717, 1.165) is 12.1 Å². The number of guanidine groups is 1. The van der Waals surface area contributed by atoms with Crippen LogP contribution in [0, 0.1) is 32.9 Å². The number of alkyl halides is 1. The minimum Gasteiger partial charge on any atom is -0.507 e. The molecule has 3 rings (SSSR count). The summed E-state index contributed by atoms with van der Waals surface area (Å²) in [6, 6.07) is 2.95. The van der Waals surface area contributed by atoms with Crippen LogP contribution in [0.1, 0.15) is 28.3 Å². The zero-order valence-electron chi connectivity index (χ0n) is 14.5. The highest BCUT2D eigenvalue weighted by Crippen LogP contribution is 2.45. The van der Waals surface area contributed by atoms with Crippen LogP contribution in [0.25, 0.3) is 0 Å². The molecule has 0 saturated carbocycles. The molecule has 0 spiro atoms. The Kier molecular flexibility index (Phi) is 4.95. The number of nitrogens with two attached hydrogens (primary N) is 2. The highest BCUT2D eigenvalue weighted by Gasteiger charge is 2.33. The maximum absolute atomic E-state index is 11.3. The van der Waals surface area contributed by atoms with E-state index < -0.39 is 11.0 Å². The predicted molar refractivity (Wildman–Crippen MR) is 104 cm³/mol. The molecule has 12 nitrogen and oxygen atoms in total. The van der Waals surface area contributed by atoms with E-state index in [1.54, 1.807) is 6.19 Å². The van der Waals surface area contributed by atoms with E-state index in [0.29, 0.717) is 0 Å². The number of fused-ring (bicyclic) bond motifs is 1. The summed E-state index contributed by atoms with van der Waals surface area (Å²) in [5.74, 6) is -0.671.